The summed E-state index contributed by atoms with van der Waals surface area (Å²) in [6.45, 7) is 2.15. The van der Waals surface area contributed by atoms with Crippen LogP contribution in [0.2, 0.25) is 0 Å². The SMILES string of the molecule is CCC1CCC(c2ccc(C(F)(F)Oc3cc(F)c(OC(F)(F)F)c(F)c3)cc2)CC1. The maximum absolute atomic E-state index is 14.5. The summed E-state index contributed by atoms with van der Waals surface area (Å²) in [6, 6.07) is 5.91. The number of benzene rings is 2. The van der Waals surface area contributed by atoms with E-state index in [0.717, 1.165) is 37.7 Å². The van der Waals surface area contributed by atoms with Gasteiger partial charge in [0, 0.05) is 12.1 Å². The van der Waals surface area contributed by atoms with Crippen LogP contribution in [0.4, 0.5) is 30.7 Å². The number of hydrogen-bond donors (Lipinski definition) is 0. The Labute approximate surface area is 175 Å². The highest BCUT2D eigenvalue weighted by Crippen LogP contribution is 2.39. The Hall–Kier alpha value is -2.45. The third-order valence-corrected chi connectivity index (χ3v) is 5.58. The van der Waals surface area contributed by atoms with Crippen LogP contribution in [0.5, 0.6) is 11.5 Å². The Balaban J connectivity index is 1.72. The van der Waals surface area contributed by atoms with Gasteiger partial charge in [0.25, 0.3) is 0 Å². The minimum absolute atomic E-state index is 0.207. The number of hydrogen-bond acceptors (Lipinski definition) is 2. The molecule has 0 unspecified atom stereocenters. The molecular weight excluding hydrogens is 429 g/mol. The molecule has 3 rings (SSSR count). The average Bonchev–Trinajstić information content (AvgIpc) is 2.70. The molecule has 0 saturated heterocycles. The molecule has 0 N–H and O–H groups in total. The smallest absolute Gasteiger partial charge is 0.429 e. The lowest BCUT2D eigenvalue weighted by Crippen LogP contribution is -2.23. The summed E-state index contributed by atoms with van der Waals surface area (Å²) in [7, 11) is 0. The van der Waals surface area contributed by atoms with Crippen LogP contribution in [0.3, 0.4) is 0 Å². The molecule has 9 heteroatoms. The molecule has 0 aromatic heterocycles. The number of rotatable bonds is 6. The Morgan fingerprint density at radius 3 is 1.87 bits per heavy atom. The van der Waals surface area contributed by atoms with Crippen LogP contribution in [0.25, 0.3) is 0 Å². The van der Waals surface area contributed by atoms with Crippen LogP contribution in [-0.2, 0) is 6.11 Å². The summed E-state index contributed by atoms with van der Waals surface area (Å²) in [5.41, 5.74) is 0.384. The highest BCUT2D eigenvalue weighted by molar-refractivity contribution is 5.36. The Morgan fingerprint density at radius 1 is 0.839 bits per heavy atom. The van der Waals surface area contributed by atoms with Crippen molar-refractivity contribution in [3.8, 4) is 11.5 Å². The average molecular weight is 450 g/mol. The maximum atomic E-state index is 14.5. The molecule has 0 atom stereocenters. The van der Waals surface area contributed by atoms with E-state index in [2.05, 4.69) is 16.4 Å². The molecule has 1 aliphatic carbocycles. The summed E-state index contributed by atoms with van der Waals surface area (Å²) >= 11 is 0. The van der Waals surface area contributed by atoms with Gasteiger partial charge >= 0.3 is 12.5 Å². The van der Waals surface area contributed by atoms with Crippen LogP contribution in [-0.4, -0.2) is 6.36 Å². The number of halogens is 7. The van der Waals surface area contributed by atoms with Gasteiger partial charge < -0.3 is 9.47 Å². The Morgan fingerprint density at radius 2 is 1.39 bits per heavy atom. The van der Waals surface area contributed by atoms with E-state index in [9.17, 15) is 30.7 Å². The van der Waals surface area contributed by atoms with Crippen molar-refractivity contribution < 1.29 is 40.2 Å². The minimum Gasteiger partial charge on any atom is -0.429 e. The van der Waals surface area contributed by atoms with Gasteiger partial charge in [-0.05, 0) is 55.2 Å². The molecule has 0 amide bonds. The van der Waals surface area contributed by atoms with Gasteiger partial charge in [0.05, 0.1) is 5.56 Å². The predicted octanol–water partition coefficient (Wildman–Crippen LogP) is 7.68. The first kappa shape index (κ1) is 23.2. The first-order valence-electron chi connectivity index (χ1n) is 9.90. The monoisotopic (exact) mass is 450 g/mol. The molecule has 2 aromatic rings. The summed E-state index contributed by atoms with van der Waals surface area (Å²) in [4.78, 5) is 0. The predicted molar refractivity (Wildman–Crippen MR) is 99.0 cm³/mol. The normalized spacial score (nSPS) is 19.9. The van der Waals surface area contributed by atoms with E-state index in [1.165, 1.54) is 12.1 Å². The lowest BCUT2D eigenvalue weighted by atomic mass is 9.78. The van der Waals surface area contributed by atoms with Crippen molar-refractivity contribution in [1.29, 1.82) is 0 Å². The lowest BCUT2D eigenvalue weighted by Gasteiger charge is -2.28. The van der Waals surface area contributed by atoms with E-state index in [4.69, 9.17) is 0 Å². The van der Waals surface area contributed by atoms with E-state index in [1.807, 2.05) is 0 Å². The third-order valence-electron chi connectivity index (χ3n) is 5.58. The zero-order valence-electron chi connectivity index (χ0n) is 16.6. The molecule has 1 aliphatic rings. The molecular formula is C22H21F7O2. The number of alkyl halides is 5. The molecule has 0 radical (unpaired) electrons. The fourth-order valence-electron chi connectivity index (χ4n) is 3.87. The Kier molecular flexibility index (Phi) is 6.71. The van der Waals surface area contributed by atoms with Crippen LogP contribution >= 0.6 is 0 Å². The molecule has 170 valence electrons. The number of ether oxygens (including phenoxy) is 2. The van der Waals surface area contributed by atoms with Crippen molar-refractivity contribution in [3.05, 3.63) is 59.2 Å². The van der Waals surface area contributed by atoms with E-state index in [1.54, 1.807) is 12.1 Å². The highest BCUT2D eigenvalue weighted by atomic mass is 19.4. The molecule has 31 heavy (non-hydrogen) atoms. The second kappa shape index (κ2) is 8.96. The topological polar surface area (TPSA) is 18.5 Å². The highest BCUT2D eigenvalue weighted by Gasteiger charge is 2.37. The van der Waals surface area contributed by atoms with Gasteiger partial charge in [-0.15, -0.1) is 13.2 Å². The summed E-state index contributed by atoms with van der Waals surface area (Å²) in [6.07, 6.45) is -4.03. The van der Waals surface area contributed by atoms with E-state index < -0.39 is 41.2 Å². The van der Waals surface area contributed by atoms with Crippen molar-refractivity contribution in [3.63, 3.8) is 0 Å². The summed E-state index contributed by atoms with van der Waals surface area (Å²) in [5, 5.41) is 0. The van der Waals surface area contributed by atoms with Crippen LogP contribution in [0.15, 0.2) is 36.4 Å². The van der Waals surface area contributed by atoms with Gasteiger partial charge in [-0.25, -0.2) is 8.78 Å². The van der Waals surface area contributed by atoms with Gasteiger partial charge in [-0.2, -0.15) is 8.78 Å². The van der Waals surface area contributed by atoms with Gasteiger partial charge in [0.1, 0.15) is 5.75 Å². The zero-order chi connectivity index (χ0) is 22.8. The molecule has 1 fully saturated rings. The first-order valence-corrected chi connectivity index (χ1v) is 9.90. The van der Waals surface area contributed by atoms with E-state index >= 15 is 0 Å². The molecule has 0 heterocycles. The molecule has 0 spiro atoms. The van der Waals surface area contributed by atoms with E-state index in [-0.39, 0.29) is 18.1 Å². The van der Waals surface area contributed by atoms with Crippen molar-refractivity contribution in [2.75, 3.05) is 0 Å². The zero-order valence-corrected chi connectivity index (χ0v) is 16.6. The fourth-order valence-corrected chi connectivity index (χ4v) is 3.87. The van der Waals surface area contributed by atoms with Crippen molar-refractivity contribution in [1.82, 2.24) is 0 Å². The van der Waals surface area contributed by atoms with Gasteiger partial charge in [-0.3, -0.25) is 0 Å². The standard InChI is InChI=1S/C22H21F7O2/c1-2-13-3-5-14(6-4-13)15-7-9-16(10-8-15)21(25,26)30-17-11-18(23)20(19(24)12-17)31-22(27,28)29/h7-14H,2-6H2,1H3. The second-order valence-electron chi connectivity index (χ2n) is 7.63. The van der Waals surface area contributed by atoms with Crippen molar-refractivity contribution >= 4 is 0 Å². The maximum Gasteiger partial charge on any atom is 0.573 e. The van der Waals surface area contributed by atoms with Crippen LogP contribution < -0.4 is 9.47 Å². The second-order valence-corrected chi connectivity index (χ2v) is 7.63. The molecule has 2 aromatic carbocycles. The van der Waals surface area contributed by atoms with Crippen LogP contribution in [0.1, 0.15) is 56.1 Å². The summed E-state index contributed by atoms with van der Waals surface area (Å²) < 4.78 is 101. The third kappa shape index (κ3) is 5.83. The van der Waals surface area contributed by atoms with Crippen molar-refractivity contribution in [2.45, 2.75) is 57.4 Å². The van der Waals surface area contributed by atoms with Crippen LogP contribution in [0, 0.1) is 17.6 Å². The van der Waals surface area contributed by atoms with Crippen molar-refractivity contribution in [2.24, 2.45) is 5.92 Å². The Bertz CT molecular complexity index is 863. The quantitative estimate of drug-likeness (QED) is 0.421. The van der Waals surface area contributed by atoms with Gasteiger partial charge in [0.2, 0.25) is 5.75 Å². The van der Waals surface area contributed by atoms with Gasteiger partial charge in [-0.1, -0.05) is 25.5 Å². The molecule has 1 saturated carbocycles. The first-order chi connectivity index (χ1) is 14.5. The minimum atomic E-state index is -5.34. The lowest BCUT2D eigenvalue weighted by molar-refractivity contribution is -0.276. The largest absolute Gasteiger partial charge is 0.573 e. The summed E-state index contributed by atoms with van der Waals surface area (Å²) in [5.74, 6) is -5.37. The van der Waals surface area contributed by atoms with Gasteiger partial charge in [0.15, 0.2) is 11.6 Å². The molecule has 0 bridgehead atoms. The fraction of sp³-hybridized carbons (Fsp3) is 0.455. The van der Waals surface area contributed by atoms with E-state index in [0.29, 0.717) is 5.92 Å². The molecule has 2 nitrogen and oxygen atoms in total. The molecule has 0 aliphatic heterocycles.